The van der Waals surface area contributed by atoms with E-state index in [1.54, 1.807) is 0 Å². The fourth-order valence-electron chi connectivity index (χ4n) is 3.96. The summed E-state index contributed by atoms with van der Waals surface area (Å²) in [4.78, 5) is 7.68. The van der Waals surface area contributed by atoms with E-state index in [0.29, 0.717) is 16.1 Å². The molecule has 0 saturated carbocycles. The third-order valence-electron chi connectivity index (χ3n) is 5.76. The minimum Gasteiger partial charge on any atom is -0.303 e. The Bertz CT molecular complexity index is 734. The molecule has 3 nitrogen and oxygen atoms in total. The molecule has 0 aliphatic carbocycles. The van der Waals surface area contributed by atoms with Gasteiger partial charge in [0.2, 0.25) is 0 Å². The molecule has 1 saturated heterocycles. The van der Waals surface area contributed by atoms with E-state index >= 15 is 0 Å². The number of hydrogen-bond donors (Lipinski definition) is 0. The Hall–Kier alpha value is -1.10. The lowest BCUT2D eigenvalue weighted by atomic mass is 10.0. The molecule has 0 radical (unpaired) electrons. The van der Waals surface area contributed by atoms with Crippen molar-refractivity contribution in [3.8, 4) is 0 Å². The topological polar surface area (TPSA) is 9.72 Å². The van der Waals surface area contributed by atoms with E-state index in [-0.39, 0.29) is 0 Å². The van der Waals surface area contributed by atoms with Gasteiger partial charge in [0.15, 0.2) is 0 Å². The zero-order chi connectivity index (χ0) is 19.9. The molecule has 3 rings (SSSR count). The maximum atomic E-state index is 6.24. The summed E-state index contributed by atoms with van der Waals surface area (Å²) < 4.78 is 0. The van der Waals surface area contributed by atoms with Crippen LogP contribution in [0.2, 0.25) is 10.0 Å². The second kappa shape index (κ2) is 10.6. The number of nitrogens with zero attached hydrogens (tertiary/aromatic N) is 3. The SMILES string of the molecule is CCN(CC)CCN1CCN(Cc2ccc(Cl)c(Cl)c2)C(c2ccccc2)C1. The molecule has 1 aliphatic rings. The van der Waals surface area contributed by atoms with Gasteiger partial charge < -0.3 is 4.90 Å². The predicted molar refractivity (Wildman–Crippen MR) is 120 cm³/mol. The summed E-state index contributed by atoms with van der Waals surface area (Å²) in [6, 6.07) is 17.2. The molecule has 1 heterocycles. The highest BCUT2D eigenvalue weighted by Crippen LogP contribution is 2.29. The zero-order valence-corrected chi connectivity index (χ0v) is 18.5. The Labute approximate surface area is 179 Å². The maximum absolute atomic E-state index is 6.24. The molecule has 1 unspecified atom stereocenters. The first-order valence-corrected chi connectivity index (χ1v) is 11.0. The fourth-order valence-corrected chi connectivity index (χ4v) is 4.28. The van der Waals surface area contributed by atoms with Crippen molar-refractivity contribution in [3.05, 3.63) is 69.7 Å². The maximum Gasteiger partial charge on any atom is 0.0595 e. The van der Waals surface area contributed by atoms with Crippen molar-refractivity contribution in [2.45, 2.75) is 26.4 Å². The van der Waals surface area contributed by atoms with Crippen LogP contribution >= 0.6 is 23.2 Å². The van der Waals surface area contributed by atoms with Crippen LogP contribution in [0.5, 0.6) is 0 Å². The Kier molecular flexibility index (Phi) is 8.19. The number of piperazine rings is 1. The molecule has 28 heavy (non-hydrogen) atoms. The van der Waals surface area contributed by atoms with E-state index in [1.165, 1.54) is 11.1 Å². The van der Waals surface area contributed by atoms with Crippen molar-refractivity contribution in [1.82, 2.24) is 14.7 Å². The van der Waals surface area contributed by atoms with Crippen molar-refractivity contribution >= 4 is 23.2 Å². The van der Waals surface area contributed by atoms with Gasteiger partial charge in [-0.1, -0.05) is 73.4 Å². The van der Waals surface area contributed by atoms with Crippen LogP contribution in [0, 0.1) is 0 Å². The molecule has 152 valence electrons. The highest BCUT2D eigenvalue weighted by atomic mass is 35.5. The van der Waals surface area contributed by atoms with E-state index in [9.17, 15) is 0 Å². The van der Waals surface area contributed by atoms with Crippen LogP contribution in [-0.2, 0) is 6.54 Å². The molecule has 0 bridgehead atoms. The van der Waals surface area contributed by atoms with Crippen LogP contribution in [0.3, 0.4) is 0 Å². The smallest absolute Gasteiger partial charge is 0.0595 e. The van der Waals surface area contributed by atoms with E-state index in [0.717, 1.165) is 52.4 Å². The van der Waals surface area contributed by atoms with Crippen molar-refractivity contribution in [3.63, 3.8) is 0 Å². The molecule has 2 aromatic rings. The van der Waals surface area contributed by atoms with Crippen molar-refractivity contribution in [2.75, 3.05) is 45.8 Å². The highest BCUT2D eigenvalue weighted by molar-refractivity contribution is 6.42. The monoisotopic (exact) mass is 419 g/mol. The molecular weight excluding hydrogens is 389 g/mol. The van der Waals surface area contributed by atoms with Crippen LogP contribution < -0.4 is 0 Å². The Morgan fingerprint density at radius 3 is 2.39 bits per heavy atom. The third kappa shape index (κ3) is 5.71. The van der Waals surface area contributed by atoms with Gasteiger partial charge in [0.1, 0.15) is 0 Å². The first-order chi connectivity index (χ1) is 13.6. The molecule has 0 spiro atoms. The van der Waals surface area contributed by atoms with Crippen LogP contribution in [0.25, 0.3) is 0 Å². The normalized spacial score (nSPS) is 18.7. The predicted octanol–water partition coefficient (Wildman–Crippen LogP) is 5.19. The van der Waals surface area contributed by atoms with Gasteiger partial charge in [-0.3, -0.25) is 9.80 Å². The molecule has 2 aromatic carbocycles. The van der Waals surface area contributed by atoms with Crippen LogP contribution in [-0.4, -0.2) is 60.5 Å². The zero-order valence-electron chi connectivity index (χ0n) is 17.0. The fraction of sp³-hybridized carbons (Fsp3) is 0.478. The summed E-state index contributed by atoms with van der Waals surface area (Å²) in [5, 5.41) is 1.25. The standard InChI is InChI=1S/C23H31Cl2N3/c1-3-26(4-2)12-13-27-14-15-28(17-19-10-11-21(24)22(25)16-19)23(18-27)20-8-6-5-7-9-20/h5-11,16,23H,3-4,12-15,17-18H2,1-2H3. The Morgan fingerprint density at radius 2 is 1.71 bits per heavy atom. The first-order valence-electron chi connectivity index (χ1n) is 10.3. The lowest BCUT2D eigenvalue weighted by molar-refractivity contribution is 0.0620. The highest BCUT2D eigenvalue weighted by Gasteiger charge is 2.28. The molecule has 1 atom stereocenters. The molecule has 1 fully saturated rings. The summed E-state index contributed by atoms with van der Waals surface area (Å²) in [6.07, 6.45) is 0. The summed E-state index contributed by atoms with van der Waals surface area (Å²) >= 11 is 12.3. The number of likely N-dealkylation sites (N-methyl/N-ethyl adjacent to an activating group) is 1. The Balaban J connectivity index is 1.71. The van der Waals surface area contributed by atoms with Crippen molar-refractivity contribution < 1.29 is 0 Å². The van der Waals surface area contributed by atoms with Crippen molar-refractivity contribution in [2.24, 2.45) is 0 Å². The van der Waals surface area contributed by atoms with E-state index in [4.69, 9.17) is 23.2 Å². The van der Waals surface area contributed by atoms with E-state index in [2.05, 4.69) is 64.9 Å². The second-order valence-corrected chi connectivity index (χ2v) is 8.29. The Morgan fingerprint density at radius 1 is 0.964 bits per heavy atom. The van der Waals surface area contributed by atoms with Gasteiger partial charge in [-0.2, -0.15) is 0 Å². The largest absolute Gasteiger partial charge is 0.303 e. The molecule has 1 aliphatic heterocycles. The number of hydrogen-bond acceptors (Lipinski definition) is 3. The molecular formula is C23H31Cl2N3. The van der Waals surface area contributed by atoms with Gasteiger partial charge in [0.25, 0.3) is 0 Å². The van der Waals surface area contributed by atoms with Gasteiger partial charge >= 0.3 is 0 Å². The molecule has 0 amide bonds. The summed E-state index contributed by atoms with van der Waals surface area (Å²) in [5.41, 5.74) is 2.60. The van der Waals surface area contributed by atoms with Crippen LogP contribution in [0.15, 0.2) is 48.5 Å². The average molecular weight is 420 g/mol. The lowest BCUT2D eigenvalue weighted by Gasteiger charge is -2.42. The minimum atomic E-state index is 0.390. The van der Waals surface area contributed by atoms with Gasteiger partial charge in [-0.25, -0.2) is 0 Å². The third-order valence-corrected chi connectivity index (χ3v) is 6.50. The summed E-state index contributed by atoms with van der Waals surface area (Å²) in [6.45, 7) is 13.1. The van der Waals surface area contributed by atoms with Gasteiger partial charge in [-0.15, -0.1) is 0 Å². The number of rotatable bonds is 8. The number of benzene rings is 2. The summed E-state index contributed by atoms with van der Waals surface area (Å²) in [7, 11) is 0. The van der Waals surface area contributed by atoms with E-state index in [1.807, 2.05) is 12.1 Å². The first kappa shape index (κ1) is 21.6. The summed E-state index contributed by atoms with van der Waals surface area (Å²) in [5.74, 6) is 0. The molecule has 5 heteroatoms. The molecule has 0 aromatic heterocycles. The van der Waals surface area contributed by atoms with E-state index < -0.39 is 0 Å². The average Bonchev–Trinajstić information content (AvgIpc) is 2.73. The lowest BCUT2D eigenvalue weighted by Crippen LogP contribution is -2.49. The minimum absolute atomic E-state index is 0.390. The van der Waals surface area contributed by atoms with Gasteiger partial charge in [0.05, 0.1) is 10.0 Å². The molecule has 0 N–H and O–H groups in total. The van der Waals surface area contributed by atoms with Crippen LogP contribution in [0.4, 0.5) is 0 Å². The quantitative estimate of drug-likeness (QED) is 0.582. The van der Waals surface area contributed by atoms with Crippen molar-refractivity contribution in [1.29, 1.82) is 0 Å². The number of halogens is 2. The van der Waals surface area contributed by atoms with Crippen LogP contribution in [0.1, 0.15) is 31.0 Å². The van der Waals surface area contributed by atoms with Gasteiger partial charge in [-0.05, 0) is 36.3 Å². The van der Waals surface area contributed by atoms with Gasteiger partial charge in [0, 0.05) is 45.3 Å². The second-order valence-electron chi connectivity index (χ2n) is 7.47.